The fraction of sp³-hybridized carbons (Fsp3) is 0.571. The van der Waals surface area contributed by atoms with E-state index in [1.165, 1.54) is 25.7 Å². The number of fused-ring (bicyclic) bond motifs is 1. The Kier molecular flexibility index (Phi) is 4.56. The molecule has 98 valence electrons. The Morgan fingerprint density at radius 2 is 2.22 bits per heavy atom. The minimum atomic E-state index is 0.719. The zero-order valence-electron chi connectivity index (χ0n) is 11.3. The summed E-state index contributed by atoms with van der Waals surface area (Å²) in [5, 5.41) is 7.74. The average Bonchev–Trinajstić information content (AvgIpc) is 2.81. The Labute approximate surface area is 108 Å². The topological polar surface area (TPSA) is 42.2 Å². The standard InChI is InChI=1S/C14H22N4/c1-3-5-8-12(4-2)11-15-14-16-13-9-6-7-10-18(13)17-14/h6-7,9-10,12H,3-5,8,11H2,1-2H3,(H,15,17). The van der Waals surface area contributed by atoms with E-state index < -0.39 is 0 Å². The number of anilines is 1. The van der Waals surface area contributed by atoms with Crippen LogP contribution in [0.4, 0.5) is 5.95 Å². The Morgan fingerprint density at radius 1 is 1.33 bits per heavy atom. The summed E-state index contributed by atoms with van der Waals surface area (Å²) in [5.74, 6) is 1.45. The smallest absolute Gasteiger partial charge is 0.243 e. The zero-order valence-corrected chi connectivity index (χ0v) is 11.3. The number of aromatic nitrogens is 3. The van der Waals surface area contributed by atoms with Crippen LogP contribution in [-0.4, -0.2) is 21.1 Å². The normalized spacial score (nSPS) is 12.8. The number of nitrogens with one attached hydrogen (secondary N) is 1. The van der Waals surface area contributed by atoms with Gasteiger partial charge in [0, 0.05) is 12.7 Å². The van der Waals surface area contributed by atoms with E-state index >= 15 is 0 Å². The van der Waals surface area contributed by atoms with Crippen LogP contribution in [0.15, 0.2) is 24.4 Å². The first-order valence-electron chi connectivity index (χ1n) is 6.88. The fourth-order valence-electron chi connectivity index (χ4n) is 2.09. The lowest BCUT2D eigenvalue weighted by Crippen LogP contribution is -2.14. The molecule has 0 radical (unpaired) electrons. The Morgan fingerprint density at radius 3 is 2.94 bits per heavy atom. The molecule has 2 aromatic rings. The maximum Gasteiger partial charge on any atom is 0.243 e. The molecule has 2 aromatic heterocycles. The van der Waals surface area contributed by atoms with Gasteiger partial charge in [-0.25, -0.2) is 4.52 Å². The summed E-state index contributed by atoms with van der Waals surface area (Å²) in [6.07, 6.45) is 6.98. The molecule has 0 fully saturated rings. The van der Waals surface area contributed by atoms with Crippen LogP contribution >= 0.6 is 0 Å². The molecule has 0 bridgehead atoms. The van der Waals surface area contributed by atoms with Crippen LogP contribution in [0, 0.1) is 5.92 Å². The van der Waals surface area contributed by atoms with E-state index in [1.807, 2.05) is 24.4 Å². The number of unbranched alkanes of at least 4 members (excludes halogenated alkanes) is 1. The fourth-order valence-corrected chi connectivity index (χ4v) is 2.09. The van der Waals surface area contributed by atoms with Crippen molar-refractivity contribution in [1.29, 1.82) is 0 Å². The van der Waals surface area contributed by atoms with Gasteiger partial charge in [0.25, 0.3) is 0 Å². The van der Waals surface area contributed by atoms with Crippen LogP contribution in [0.3, 0.4) is 0 Å². The first-order valence-corrected chi connectivity index (χ1v) is 6.88. The van der Waals surface area contributed by atoms with Gasteiger partial charge in [-0.3, -0.25) is 0 Å². The zero-order chi connectivity index (χ0) is 12.8. The first-order chi connectivity index (χ1) is 8.83. The second-order valence-electron chi connectivity index (χ2n) is 4.74. The highest BCUT2D eigenvalue weighted by molar-refractivity contribution is 5.42. The summed E-state index contributed by atoms with van der Waals surface area (Å²) in [6.45, 7) is 5.45. The van der Waals surface area contributed by atoms with Gasteiger partial charge in [-0.1, -0.05) is 39.2 Å². The van der Waals surface area contributed by atoms with Crippen molar-refractivity contribution in [2.24, 2.45) is 5.92 Å². The van der Waals surface area contributed by atoms with Crippen LogP contribution in [0.5, 0.6) is 0 Å². The van der Waals surface area contributed by atoms with Gasteiger partial charge in [0.05, 0.1) is 0 Å². The number of nitrogens with zero attached hydrogens (tertiary/aromatic N) is 3. The summed E-state index contributed by atoms with van der Waals surface area (Å²) in [6, 6.07) is 5.90. The molecule has 2 rings (SSSR count). The van der Waals surface area contributed by atoms with Gasteiger partial charge in [-0.2, -0.15) is 4.98 Å². The van der Waals surface area contributed by atoms with Crippen LogP contribution in [-0.2, 0) is 0 Å². The van der Waals surface area contributed by atoms with Gasteiger partial charge in [0.2, 0.25) is 5.95 Å². The van der Waals surface area contributed by atoms with E-state index in [-0.39, 0.29) is 0 Å². The molecule has 0 amide bonds. The average molecular weight is 246 g/mol. The molecule has 0 aliphatic rings. The minimum Gasteiger partial charge on any atom is -0.353 e. The third kappa shape index (κ3) is 3.22. The van der Waals surface area contributed by atoms with Gasteiger partial charge in [-0.05, 0) is 24.5 Å². The van der Waals surface area contributed by atoms with E-state index in [1.54, 1.807) is 4.52 Å². The van der Waals surface area contributed by atoms with Gasteiger partial charge in [0.15, 0.2) is 5.65 Å². The minimum absolute atomic E-state index is 0.719. The number of pyridine rings is 1. The van der Waals surface area contributed by atoms with Crippen molar-refractivity contribution >= 4 is 11.6 Å². The third-order valence-electron chi connectivity index (χ3n) is 3.33. The second kappa shape index (κ2) is 6.38. The van der Waals surface area contributed by atoms with E-state index in [4.69, 9.17) is 0 Å². The van der Waals surface area contributed by atoms with E-state index in [2.05, 4.69) is 29.2 Å². The number of hydrogen-bond acceptors (Lipinski definition) is 3. The maximum atomic E-state index is 4.44. The van der Waals surface area contributed by atoms with Crippen molar-refractivity contribution in [3.63, 3.8) is 0 Å². The highest BCUT2D eigenvalue weighted by Gasteiger charge is 2.07. The second-order valence-corrected chi connectivity index (χ2v) is 4.74. The van der Waals surface area contributed by atoms with Crippen LogP contribution < -0.4 is 5.32 Å². The molecule has 2 heterocycles. The Hall–Kier alpha value is -1.58. The highest BCUT2D eigenvalue weighted by Crippen LogP contribution is 2.13. The lowest BCUT2D eigenvalue weighted by molar-refractivity contribution is 0.472. The molecule has 0 aliphatic heterocycles. The summed E-state index contributed by atoms with van der Waals surface area (Å²) in [7, 11) is 0. The van der Waals surface area contributed by atoms with Gasteiger partial charge in [-0.15, -0.1) is 5.10 Å². The first kappa shape index (κ1) is 12.9. The number of hydrogen-bond donors (Lipinski definition) is 1. The molecular formula is C14H22N4. The van der Waals surface area contributed by atoms with Crippen molar-refractivity contribution in [2.45, 2.75) is 39.5 Å². The van der Waals surface area contributed by atoms with Crippen molar-refractivity contribution in [1.82, 2.24) is 14.6 Å². The third-order valence-corrected chi connectivity index (χ3v) is 3.33. The van der Waals surface area contributed by atoms with Crippen LogP contribution in [0.1, 0.15) is 39.5 Å². The van der Waals surface area contributed by atoms with Crippen LogP contribution in [0.2, 0.25) is 0 Å². The maximum absolute atomic E-state index is 4.44. The highest BCUT2D eigenvalue weighted by atomic mass is 15.3. The molecule has 0 saturated heterocycles. The monoisotopic (exact) mass is 246 g/mol. The van der Waals surface area contributed by atoms with Gasteiger partial charge < -0.3 is 5.32 Å². The van der Waals surface area contributed by atoms with Crippen molar-refractivity contribution in [2.75, 3.05) is 11.9 Å². The van der Waals surface area contributed by atoms with Crippen molar-refractivity contribution in [3.05, 3.63) is 24.4 Å². The Bertz CT molecular complexity index is 444. The van der Waals surface area contributed by atoms with E-state index in [0.29, 0.717) is 0 Å². The summed E-state index contributed by atoms with van der Waals surface area (Å²) in [4.78, 5) is 4.44. The molecule has 0 spiro atoms. The predicted octanol–water partition coefficient (Wildman–Crippen LogP) is 3.36. The van der Waals surface area contributed by atoms with Gasteiger partial charge in [0.1, 0.15) is 0 Å². The lowest BCUT2D eigenvalue weighted by atomic mass is 9.99. The van der Waals surface area contributed by atoms with Crippen molar-refractivity contribution in [3.8, 4) is 0 Å². The van der Waals surface area contributed by atoms with E-state index in [0.717, 1.165) is 24.1 Å². The Balaban J connectivity index is 1.92. The van der Waals surface area contributed by atoms with Crippen LogP contribution in [0.25, 0.3) is 5.65 Å². The quantitative estimate of drug-likeness (QED) is 0.814. The summed E-state index contributed by atoms with van der Waals surface area (Å²) >= 11 is 0. The molecule has 1 N–H and O–H groups in total. The molecule has 4 nitrogen and oxygen atoms in total. The largest absolute Gasteiger partial charge is 0.353 e. The SMILES string of the molecule is CCCCC(CC)CNc1nc2ccccn2n1. The molecule has 1 atom stereocenters. The van der Waals surface area contributed by atoms with E-state index in [9.17, 15) is 0 Å². The van der Waals surface area contributed by atoms with Crippen molar-refractivity contribution < 1.29 is 0 Å². The molecule has 0 aromatic carbocycles. The molecule has 0 saturated carbocycles. The molecule has 4 heteroatoms. The molecular weight excluding hydrogens is 224 g/mol. The number of rotatable bonds is 7. The predicted molar refractivity (Wildman–Crippen MR) is 74.8 cm³/mol. The lowest BCUT2D eigenvalue weighted by Gasteiger charge is -2.13. The molecule has 18 heavy (non-hydrogen) atoms. The molecule has 0 aliphatic carbocycles. The summed E-state index contributed by atoms with van der Waals surface area (Å²) < 4.78 is 1.80. The summed E-state index contributed by atoms with van der Waals surface area (Å²) in [5.41, 5.74) is 0.890. The molecule has 1 unspecified atom stereocenters. The van der Waals surface area contributed by atoms with Gasteiger partial charge >= 0.3 is 0 Å².